The van der Waals surface area contributed by atoms with Crippen LogP contribution in [-0.2, 0) is 10.0 Å². The number of rotatable bonds is 6. The lowest BCUT2D eigenvalue weighted by molar-refractivity contribution is 0.575. The maximum absolute atomic E-state index is 11.9. The largest absolute Gasteiger partial charge is 0.313 e. The minimum atomic E-state index is -3.51. The van der Waals surface area contributed by atoms with Crippen molar-refractivity contribution in [1.29, 1.82) is 0 Å². The van der Waals surface area contributed by atoms with Gasteiger partial charge in [0.25, 0.3) is 0 Å². The Morgan fingerprint density at radius 2 is 1.89 bits per heavy atom. The van der Waals surface area contributed by atoms with E-state index in [2.05, 4.69) is 10.0 Å². The lowest BCUT2D eigenvalue weighted by Crippen LogP contribution is -2.32. The zero-order valence-electron chi connectivity index (χ0n) is 9.62. The van der Waals surface area contributed by atoms with Gasteiger partial charge in [-0.05, 0) is 31.0 Å². The molecule has 0 amide bonds. The van der Waals surface area contributed by atoms with Crippen molar-refractivity contribution in [3.63, 3.8) is 0 Å². The van der Waals surface area contributed by atoms with E-state index in [1.165, 1.54) is 31.0 Å². The fourth-order valence-corrected chi connectivity index (χ4v) is 2.90. The molecular weight excluding hydrogens is 295 g/mol. The fourth-order valence-electron chi connectivity index (χ4n) is 1.48. The number of halogens is 2. The summed E-state index contributed by atoms with van der Waals surface area (Å²) in [4.78, 5) is 0.128. The van der Waals surface area contributed by atoms with Crippen LogP contribution in [0, 0.1) is 0 Å². The molecule has 1 aromatic rings. The first-order chi connectivity index (χ1) is 8.49. The van der Waals surface area contributed by atoms with Crippen LogP contribution in [0.1, 0.15) is 12.8 Å². The van der Waals surface area contributed by atoms with Crippen LogP contribution in [0.15, 0.2) is 23.1 Å². The van der Waals surface area contributed by atoms with Gasteiger partial charge in [-0.1, -0.05) is 23.2 Å². The highest BCUT2D eigenvalue weighted by atomic mass is 35.5. The Bertz CT molecular complexity index is 530. The van der Waals surface area contributed by atoms with Crippen LogP contribution >= 0.6 is 23.2 Å². The van der Waals surface area contributed by atoms with Crippen LogP contribution in [0.25, 0.3) is 0 Å². The molecule has 0 bridgehead atoms. The van der Waals surface area contributed by atoms with Gasteiger partial charge in [-0.2, -0.15) is 0 Å². The summed E-state index contributed by atoms with van der Waals surface area (Å²) in [5, 5.41) is 3.80. The Morgan fingerprint density at radius 1 is 1.17 bits per heavy atom. The average molecular weight is 309 g/mol. The van der Waals surface area contributed by atoms with Crippen LogP contribution in [0.3, 0.4) is 0 Å². The van der Waals surface area contributed by atoms with Gasteiger partial charge in [0.15, 0.2) is 0 Å². The summed E-state index contributed by atoms with van der Waals surface area (Å²) in [6, 6.07) is 4.83. The molecule has 18 heavy (non-hydrogen) atoms. The first kappa shape index (κ1) is 14.1. The maximum Gasteiger partial charge on any atom is 0.240 e. The number of hydrogen-bond donors (Lipinski definition) is 2. The van der Waals surface area contributed by atoms with E-state index in [9.17, 15) is 8.42 Å². The molecule has 2 N–H and O–H groups in total. The molecule has 2 rings (SSSR count). The van der Waals surface area contributed by atoms with Crippen LogP contribution in [0.4, 0.5) is 0 Å². The summed E-state index contributed by atoms with van der Waals surface area (Å²) in [5.41, 5.74) is 0. The molecule has 1 aliphatic rings. The van der Waals surface area contributed by atoms with Crippen molar-refractivity contribution < 1.29 is 8.42 Å². The van der Waals surface area contributed by atoms with Gasteiger partial charge in [0.05, 0.1) is 14.9 Å². The highest BCUT2D eigenvalue weighted by molar-refractivity contribution is 7.89. The van der Waals surface area contributed by atoms with Crippen molar-refractivity contribution in [2.45, 2.75) is 23.8 Å². The normalized spacial score (nSPS) is 15.9. The minimum Gasteiger partial charge on any atom is -0.313 e. The van der Waals surface area contributed by atoms with E-state index in [1.54, 1.807) is 0 Å². The lowest BCUT2D eigenvalue weighted by Gasteiger charge is -2.08. The Labute approximate surface area is 117 Å². The Balaban J connectivity index is 1.93. The standard InChI is InChI=1S/C11H14Cl2N2O2S/c12-10-4-3-9(7-11(10)13)18(16,17)15-6-5-14-8-1-2-8/h3-4,7-8,14-15H,1-2,5-6H2. The van der Waals surface area contributed by atoms with Crippen LogP contribution in [0.2, 0.25) is 10.0 Å². The third-order valence-electron chi connectivity index (χ3n) is 2.63. The highest BCUT2D eigenvalue weighted by Gasteiger charge is 2.20. The second kappa shape index (κ2) is 5.75. The van der Waals surface area contributed by atoms with E-state index < -0.39 is 10.0 Å². The molecule has 1 aliphatic carbocycles. The summed E-state index contributed by atoms with van der Waals surface area (Å²) in [6.45, 7) is 0.990. The van der Waals surface area contributed by atoms with E-state index in [0.29, 0.717) is 24.2 Å². The molecule has 0 heterocycles. The van der Waals surface area contributed by atoms with Crippen molar-refractivity contribution in [2.24, 2.45) is 0 Å². The molecule has 0 aliphatic heterocycles. The molecule has 0 aromatic heterocycles. The lowest BCUT2D eigenvalue weighted by atomic mass is 10.4. The smallest absolute Gasteiger partial charge is 0.240 e. The molecule has 0 radical (unpaired) electrons. The summed E-state index contributed by atoms with van der Waals surface area (Å²) in [5.74, 6) is 0. The van der Waals surface area contributed by atoms with Gasteiger partial charge in [0.2, 0.25) is 10.0 Å². The molecule has 1 aromatic carbocycles. The summed E-state index contributed by atoms with van der Waals surface area (Å²) in [6.07, 6.45) is 2.36. The maximum atomic E-state index is 11.9. The average Bonchev–Trinajstić information content (AvgIpc) is 3.12. The summed E-state index contributed by atoms with van der Waals surface area (Å²) in [7, 11) is -3.51. The van der Waals surface area contributed by atoms with Gasteiger partial charge in [-0.15, -0.1) is 0 Å². The topological polar surface area (TPSA) is 58.2 Å². The van der Waals surface area contributed by atoms with E-state index >= 15 is 0 Å². The Kier molecular flexibility index (Phi) is 4.50. The predicted octanol–water partition coefficient (Wildman–Crippen LogP) is 2.02. The molecule has 0 unspecified atom stereocenters. The van der Waals surface area contributed by atoms with Gasteiger partial charge >= 0.3 is 0 Å². The number of hydrogen-bond acceptors (Lipinski definition) is 3. The molecule has 1 fully saturated rings. The first-order valence-electron chi connectivity index (χ1n) is 5.67. The molecule has 4 nitrogen and oxygen atoms in total. The quantitative estimate of drug-likeness (QED) is 0.791. The predicted molar refractivity (Wildman–Crippen MR) is 72.7 cm³/mol. The second-order valence-electron chi connectivity index (χ2n) is 4.20. The fraction of sp³-hybridized carbons (Fsp3) is 0.455. The zero-order chi connectivity index (χ0) is 13.2. The van der Waals surface area contributed by atoms with Gasteiger partial charge in [-0.3, -0.25) is 0 Å². The Hall–Kier alpha value is -0.330. The zero-order valence-corrected chi connectivity index (χ0v) is 11.9. The molecule has 0 atom stereocenters. The van der Waals surface area contributed by atoms with Gasteiger partial charge in [0.1, 0.15) is 0 Å². The van der Waals surface area contributed by atoms with Crippen molar-refractivity contribution in [3.8, 4) is 0 Å². The van der Waals surface area contributed by atoms with Crippen LogP contribution in [-0.4, -0.2) is 27.5 Å². The monoisotopic (exact) mass is 308 g/mol. The molecular formula is C11H14Cl2N2O2S. The van der Waals surface area contributed by atoms with Gasteiger partial charge in [0, 0.05) is 19.1 Å². The molecule has 7 heteroatoms. The number of benzene rings is 1. The number of sulfonamides is 1. The van der Waals surface area contributed by atoms with Crippen molar-refractivity contribution in [1.82, 2.24) is 10.0 Å². The second-order valence-corrected chi connectivity index (χ2v) is 6.78. The van der Waals surface area contributed by atoms with Crippen molar-refractivity contribution >= 4 is 33.2 Å². The summed E-state index contributed by atoms with van der Waals surface area (Å²) >= 11 is 11.5. The molecule has 100 valence electrons. The van der Waals surface area contributed by atoms with Crippen LogP contribution in [0.5, 0.6) is 0 Å². The van der Waals surface area contributed by atoms with Gasteiger partial charge in [-0.25, -0.2) is 13.1 Å². The SMILES string of the molecule is O=S(=O)(NCCNC1CC1)c1ccc(Cl)c(Cl)c1. The Morgan fingerprint density at radius 3 is 2.50 bits per heavy atom. The van der Waals surface area contributed by atoms with E-state index in [1.807, 2.05) is 0 Å². The molecule has 0 saturated heterocycles. The number of nitrogens with one attached hydrogen (secondary N) is 2. The van der Waals surface area contributed by atoms with Gasteiger partial charge < -0.3 is 5.32 Å². The third kappa shape index (κ3) is 3.83. The van der Waals surface area contributed by atoms with E-state index in [-0.39, 0.29) is 9.92 Å². The van der Waals surface area contributed by atoms with Crippen molar-refractivity contribution in [2.75, 3.05) is 13.1 Å². The highest BCUT2D eigenvalue weighted by Crippen LogP contribution is 2.24. The molecule has 1 saturated carbocycles. The minimum absolute atomic E-state index is 0.128. The van der Waals surface area contributed by atoms with E-state index in [4.69, 9.17) is 23.2 Å². The summed E-state index contributed by atoms with van der Waals surface area (Å²) < 4.78 is 26.3. The van der Waals surface area contributed by atoms with Crippen LogP contribution < -0.4 is 10.0 Å². The third-order valence-corrected chi connectivity index (χ3v) is 4.83. The van der Waals surface area contributed by atoms with Crippen molar-refractivity contribution in [3.05, 3.63) is 28.2 Å². The van der Waals surface area contributed by atoms with E-state index in [0.717, 1.165) is 0 Å². The first-order valence-corrected chi connectivity index (χ1v) is 7.91. The molecule has 0 spiro atoms.